The number of hydrogen-bond donors (Lipinski definition) is 1. The number of nitrogens with zero attached hydrogens (tertiary/aromatic N) is 4. The molecular weight excluding hydrogens is 455 g/mol. The molecule has 0 saturated carbocycles. The summed E-state index contributed by atoms with van der Waals surface area (Å²) < 4.78 is 28.6. The Morgan fingerprint density at radius 2 is 2.06 bits per heavy atom. The zero-order valence-electron chi connectivity index (χ0n) is 20.2. The number of anilines is 1. The fourth-order valence-corrected chi connectivity index (χ4v) is 8.00. The van der Waals surface area contributed by atoms with Crippen LogP contribution in [0.3, 0.4) is 0 Å². The van der Waals surface area contributed by atoms with Crippen molar-refractivity contribution >= 4 is 20.2 Å². The van der Waals surface area contributed by atoms with Crippen molar-refractivity contribution in [2.24, 2.45) is 5.92 Å². The lowest BCUT2D eigenvalue weighted by molar-refractivity contribution is 0.0247. The topological polar surface area (TPSA) is 89.7 Å². The molecule has 4 rings (SSSR count). The lowest BCUT2D eigenvalue weighted by atomic mass is 9.95. The van der Waals surface area contributed by atoms with E-state index in [1.165, 1.54) is 0 Å². The number of aryl methyl sites for hydroxylation is 2. The van der Waals surface area contributed by atoms with Crippen LogP contribution in [-0.4, -0.2) is 66.6 Å². The molecule has 2 aliphatic heterocycles. The summed E-state index contributed by atoms with van der Waals surface area (Å²) in [6, 6.07) is 7.97. The Morgan fingerprint density at radius 1 is 1.24 bits per heavy atom. The summed E-state index contributed by atoms with van der Waals surface area (Å²) >= 11 is 0. The maximum atomic E-state index is 15.4. The maximum absolute atomic E-state index is 15.4. The van der Waals surface area contributed by atoms with Crippen LogP contribution in [-0.2, 0) is 28.9 Å². The number of ether oxygens (including phenoxy) is 2. The van der Waals surface area contributed by atoms with Gasteiger partial charge in [-0.15, -0.1) is 5.10 Å². The molecule has 2 fully saturated rings. The smallest absolute Gasteiger partial charge is 0.414 e. The van der Waals surface area contributed by atoms with Crippen LogP contribution in [0.2, 0.25) is 18.6 Å². The lowest BCUT2D eigenvalue weighted by Gasteiger charge is -2.28. The molecule has 0 bridgehead atoms. The molecular formula is C24H35FN4O4Si. The maximum Gasteiger partial charge on any atom is 0.414 e. The van der Waals surface area contributed by atoms with Crippen molar-refractivity contribution in [1.29, 1.82) is 0 Å². The molecule has 3 heterocycles. The largest absolute Gasteiger partial charge is 0.447 e. The van der Waals surface area contributed by atoms with Gasteiger partial charge in [0.05, 0.1) is 24.4 Å². The number of halogens is 1. The average Bonchev–Trinajstić information content (AvgIpc) is 3.50. The number of aromatic nitrogens is 3. The van der Waals surface area contributed by atoms with Crippen LogP contribution in [0.5, 0.6) is 0 Å². The molecule has 1 aromatic heterocycles. The van der Waals surface area contributed by atoms with Crippen molar-refractivity contribution in [3.8, 4) is 0 Å². The quantitative estimate of drug-likeness (QED) is 0.403. The van der Waals surface area contributed by atoms with E-state index < -0.39 is 8.41 Å². The summed E-state index contributed by atoms with van der Waals surface area (Å²) in [6.45, 7) is 7.31. The first kappa shape index (κ1) is 24.8. The van der Waals surface area contributed by atoms with Crippen molar-refractivity contribution < 1.29 is 23.5 Å². The van der Waals surface area contributed by atoms with Gasteiger partial charge in [0.15, 0.2) is 0 Å². The standard InChI is InChI=1S/C24H35FN4O4Si/c1-17-21(8-7-18-5-4-6-20(15-18)29-12-14-32-24(29)31)33-22(23(17)34(2,3)25)9-11-28-16-19(10-13-30)26-27-28/h4-6,15-17,21-23,30H,7-14H2,1-3H3/t17-,21+,22-,23+/m0/s1. The molecule has 0 unspecified atom stereocenters. The fraction of sp³-hybridized carbons (Fsp3) is 0.625. The van der Waals surface area contributed by atoms with Gasteiger partial charge in [0.1, 0.15) is 6.61 Å². The molecule has 1 N–H and O–H groups in total. The predicted molar refractivity (Wildman–Crippen MR) is 129 cm³/mol. The fourth-order valence-electron chi connectivity index (χ4n) is 5.40. The molecule has 10 heteroatoms. The number of aliphatic hydroxyl groups excluding tert-OH is 1. The number of benzene rings is 1. The second-order valence-corrected chi connectivity index (χ2v) is 13.7. The summed E-state index contributed by atoms with van der Waals surface area (Å²) in [5, 5.41) is 17.3. The van der Waals surface area contributed by atoms with Gasteiger partial charge in [-0.05, 0) is 56.0 Å². The Labute approximate surface area is 201 Å². The van der Waals surface area contributed by atoms with Crippen molar-refractivity contribution in [1.82, 2.24) is 15.0 Å². The first-order chi connectivity index (χ1) is 16.3. The third kappa shape index (κ3) is 5.67. The third-order valence-electron chi connectivity index (χ3n) is 6.99. The van der Waals surface area contributed by atoms with E-state index in [2.05, 4.69) is 23.3 Å². The number of amides is 1. The molecule has 0 aliphatic carbocycles. The molecule has 2 saturated heterocycles. The second kappa shape index (κ2) is 10.5. The van der Waals surface area contributed by atoms with E-state index in [0.29, 0.717) is 32.5 Å². The van der Waals surface area contributed by atoms with Gasteiger partial charge in [0, 0.05) is 37.0 Å². The zero-order chi connectivity index (χ0) is 24.3. The summed E-state index contributed by atoms with van der Waals surface area (Å²) in [7, 11) is -2.94. The van der Waals surface area contributed by atoms with Crippen LogP contribution in [0.15, 0.2) is 30.5 Å². The Kier molecular flexibility index (Phi) is 7.69. The van der Waals surface area contributed by atoms with Crippen molar-refractivity contribution in [3.05, 3.63) is 41.7 Å². The van der Waals surface area contributed by atoms with E-state index in [1.54, 1.807) is 22.7 Å². The van der Waals surface area contributed by atoms with Gasteiger partial charge < -0.3 is 18.7 Å². The van der Waals surface area contributed by atoms with E-state index >= 15 is 4.11 Å². The Balaban J connectivity index is 1.38. The number of rotatable bonds is 10. The molecule has 8 nitrogen and oxygen atoms in total. The van der Waals surface area contributed by atoms with Crippen molar-refractivity contribution in [2.45, 2.75) is 70.0 Å². The SMILES string of the molecule is C[C@@H]1[C@@H]([Si](C)(C)F)[C@H](CCn2cc(CCO)nn2)O[C@@H]1CCc1cccc(N2CCOC2=O)c1. The van der Waals surface area contributed by atoms with E-state index in [0.717, 1.165) is 29.8 Å². The van der Waals surface area contributed by atoms with Gasteiger partial charge in [0.2, 0.25) is 8.41 Å². The first-order valence-electron chi connectivity index (χ1n) is 12.1. The highest BCUT2D eigenvalue weighted by atomic mass is 28.4. The van der Waals surface area contributed by atoms with Gasteiger partial charge >= 0.3 is 6.09 Å². The zero-order valence-corrected chi connectivity index (χ0v) is 21.2. The van der Waals surface area contributed by atoms with Gasteiger partial charge in [-0.3, -0.25) is 9.58 Å². The summed E-state index contributed by atoms with van der Waals surface area (Å²) in [5.74, 6) is 0.133. The summed E-state index contributed by atoms with van der Waals surface area (Å²) in [4.78, 5) is 13.5. The number of hydrogen-bond acceptors (Lipinski definition) is 6. The highest BCUT2D eigenvalue weighted by molar-refractivity contribution is 6.72. The van der Waals surface area contributed by atoms with Crippen molar-refractivity contribution in [3.63, 3.8) is 0 Å². The second-order valence-electron chi connectivity index (χ2n) is 9.87. The minimum Gasteiger partial charge on any atom is -0.447 e. The third-order valence-corrected chi connectivity index (χ3v) is 9.48. The van der Waals surface area contributed by atoms with Crippen LogP contribution in [0.25, 0.3) is 0 Å². The number of carbonyl (C=O) groups is 1. The predicted octanol–water partition coefficient (Wildman–Crippen LogP) is 3.74. The molecule has 2 aliphatic rings. The highest BCUT2D eigenvalue weighted by Gasteiger charge is 2.50. The van der Waals surface area contributed by atoms with Gasteiger partial charge in [-0.25, -0.2) is 4.79 Å². The summed E-state index contributed by atoms with van der Waals surface area (Å²) in [6.07, 6.45) is 4.13. The van der Waals surface area contributed by atoms with E-state index in [-0.39, 0.29) is 36.4 Å². The Morgan fingerprint density at radius 3 is 2.76 bits per heavy atom. The van der Waals surface area contributed by atoms with E-state index in [1.807, 2.05) is 24.4 Å². The van der Waals surface area contributed by atoms with Gasteiger partial charge in [-0.2, -0.15) is 0 Å². The molecule has 1 amide bonds. The van der Waals surface area contributed by atoms with Gasteiger partial charge in [0.25, 0.3) is 0 Å². The van der Waals surface area contributed by atoms with Crippen LogP contribution in [0.4, 0.5) is 14.6 Å². The van der Waals surface area contributed by atoms with Crippen LogP contribution in [0.1, 0.15) is 31.0 Å². The summed E-state index contributed by atoms with van der Waals surface area (Å²) in [5.41, 5.74) is 2.65. The van der Waals surface area contributed by atoms with Crippen LogP contribution < -0.4 is 4.90 Å². The molecule has 0 radical (unpaired) electrons. The normalized spacial score (nSPS) is 25.2. The minimum absolute atomic E-state index is 0.0152. The Hall–Kier alpha value is -2.30. The van der Waals surface area contributed by atoms with E-state index in [9.17, 15) is 4.79 Å². The molecule has 2 aromatic rings. The first-order valence-corrected chi connectivity index (χ1v) is 15.1. The minimum atomic E-state index is -2.94. The molecule has 186 valence electrons. The molecule has 0 spiro atoms. The molecule has 1 aromatic carbocycles. The molecule has 34 heavy (non-hydrogen) atoms. The molecule has 4 atom stereocenters. The van der Waals surface area contributed by atoms with Gasteiger partial charge in [-0.1, -0.05) is 24.3 Å². The van der Waals surface area contributed by atoms with E-state index in [4.69, 9.17) is 14.6 Å². The number of cyclic esters (lactones) is 1. The highest BCUT2D eigenvalue weighted by Crippen LogP contribution is 2.47. The number of carbonyl (C=O) groups excluding carboxylic acids is 1. The van der Waals surface area contributed by atoms with Crippen LogP contribution >= 0.6 is 0 Å². The monoisotopic (exact) mass is 490 g/mol. The average molecular weight is 491 g/mol. The number of aliphatic hydroxyl groups is 1. The van der Waals surface area contributed by atoms with Crippen LogP contribution in [0, 0.1) is 5.92 Å². The Bertz CT molecular complexity index is 982. The lowest BCUT2D eigenvalue weighted by Crippen LogP contribution is -2.36. The van der Waals surface area contributed by atoms with Crippen molar-refractivity contribution in [2.75, 3.05) is 24.7 Å².